The average molecular weight is 376 g/mol. The summed E-state index contributed by atoms with van der Waals surface area (Å²) < 4.78 is 11.4. The molecule has 0 saturated carbocycles. The van der Waals surface area contributed by atoms with Crippen molar-refractivity contribution in [2.75, 3.05) is 30.4 Å². The maximum atomic E-state index is 12.3. The molecule has 0 radical (unpaired) electrons. The lowest BCUT2D eigenvalue weighted by atomic mass is 10.2. The summed E-state index contributed by atoms with van der Waals surface area (Å²) in [5, 5.41) is 6.01. The van der Waals surface area contributed by atoms with Crippen LogP contribution in [0.15, 0.2) is 78.9 Å². The Balaban J connectivity index is 1.48. The van der Waals surface area contributed by atoms with Gasteiger partial charge in [0.2, 0.25) is 5.91 Å². The van der Waals surface area contributed by atoms with Gasteiger partial charge in [0, 0.05) is 5.69 Å². The van der Waals surface area contributed by atoms with E-state index >= 15 is 0 Å². The zero-order valence-corrected chi connectivity index (χ0v) is 15.9. The highest BCUT2D eigenvalue weighted by Crippen LogP contribution is 2.23. The van der Waals surface area contributed by atoms with E-state index < -0.39 is 0 Å². The lowest BCUT2D eigenvalue weighted by molar-refractivity contribution is -0.114. The fourth-order valence-corrected chi connectivity index (χ4v) is 2.66. The molecular weight excluding hydrogens is 352 g/mol. The van der Waals surface area contributed by atoms with Gasteiger partial charge in [0.15, 0.2) is 0 Å². The second kappa shape index (κ2) is 10.0. The van der Waals surface area contributed by atoms with E-state index in [0.29, 0.717) is 24.7 Å². The molecule has 0 spiro atoms. The molecule has 1 amide bonds. The van der Waals surface area contributed by atoms with Gasteiger partial charge in [0.1, 0.15) is 24.7 Å². The summed E-state index contributed by atoms with van der Waals surface area (Å²) in [6, 6.07) is 24.9. The van der Waals surface area contributed by atoms with Gasteiger partial charge >= 0.3 is 0 Å². The third-order valence-corrected chi connectivity index (χ3v) is 3.99. The number of anilines is 2. The maximum absolute atomic E-state index is 12.3. The van der Waals surface area contributed by atoms with E-state index in [1.807, 2.05) is 85.8 Å². The van der Waals surface area contributed by atoms with E-state index in [1.165, 1.54) is 0 Å². The van der Waals surface area contributed by atoms with E-state index in [1.54, 1.807) is 0 Å². The first-order valence-corrected chi connectivity index (χ1v) is 9.21. The number of amides is 1. The smallest absolute Gasteiger partial charge is 0.243 e. The third kappa shape index (κ3) is 6.06. The first kappa shape index (κ1) is 19.3. The topological polar surface area (TPSA) is 59.6 Å². The van der Waals surface area contributed by atoms with Gasteiger partial charge in [-0.05, 0) is 48.9 Å². The van der Waals surface area contributed by atoms with Gasteiger partial charge in [-0.25, -0.2) is 0 Å². The van der Waals surface area contributed by atoms with Crippen LogP contribution in [-0.2, 0) is 4.79 Å². The third-order valence-electron chi connectivity index (χ3n) is 3.99. The SMILES string of the molecule is Cc1cccc(NCC(=O)Nc2ccccc2OCCOc2ccccc2)c1. The van der Waals surface area contributed by atoms with Gasteiger partial charge < -0.3 is 20.1 Å². The van der Waals surface area contributed by atoms with Crippen molar-refractivity contribution in [3.8, 4) is 11.5 Å². The van der Waals surface area contributed by atoms with Crippen LogP contribution in [0, 0.1) is 6.92 Å². The second-order valence-electron chi connectivity index (χ2n) is 6.28. The van der Waals surface area contributed by atoms with Gasteiger partial charge in [-0.15, -0.1) is 0 Å². The molecule has 5 heteroatoms. The molecule has 0 unspecified atom stereocenters. The number of carbonyl (C=O) groups excluding carboxylic acids is 1. The molecule has 0 aliphatic carbocycles. The molecule has 0 aliphatic heterocycles. The van der Waals surface area contributed by atoms with Crippen molar-refractivity contribution in [1.29, 1.82) is 0 Å². The van der Waals surface area contributed by atoms with Crippen LogP contribution in [0.25, 0.3) is 0 Å². The molecule has 3 rings (SSSR count). The Hall–Kier alpha value is -3.47. The second-order valence-corrected chi connectivity index (χ2v) is 6.28. The first-order chi connectivity index (χ1) is 13.7. The summed E-state index contributed by atoms with van der Waals surface area (Å²) in [6.45, 7) is 2.99. The van der Waals surface area contributed by atoms with Crippen LogP contribution in [0.3, 0.4) is 0 Å². The first-order valence-electron chi connectivity index (χ1n) is 9.21. The fourth-order valence-electron chi connectivity index (χ4n) is 2.66. The maximum Gasteiger partial charge on any atom is 0.243 e. The zero-order valence-electron chi connectivity index (χ0n) is 15.9. The predicted octanol–water partition coefficient (Wildman–Crippen LogP) is 4.50. The van der Waals surface area contributed by atoms with Crippen molar-refractivity contribution in [1.82, 2.24) is 0 Å². The molecular formula is C23H24N2O3. The van der Waals surface area contributed by atoms with Crippen molar-refractivity contribution in [2.24, 2.45) is 0 Å². The zero-order chi connectivity index (χ0) is 19.6. The highest BCUT2D eigenvalue weighted by molar-refractivity contribution is 5.95. The number of nitrogens with one attached hydrogen (secondary N) is 2. The summed E-state index contributed by atoms with van der Waals surface area (Å²) in [6.07, 6.45) is 0. The number of aryl methyl sites for hydroxylation is 1. The van der Waals surface area contributed by atoms with E-state index in [9.17, 15) is 4.79 Å². The minimum atomic E-state index is -0.141. The molecule has 5 nitrogen and oxygen atoms in total. The molecule has 0 atom stereocenters. The summed E-state index contributed by atoms with van der Waals surface area (Å²) in [7, 11) is 0. The minimum Gasteiger partial charge on any atom is -0.490 e. The molecule has 3 aromatic carbocycles. The average Bonchev–Trinajstić information content (AvgIpc) is 2.72. The van der Waals surface area contributed by atoms with Crippen LogP contribution < -0.4 is 20.1 Å². The van der Waals surface area contributed by atoms with Crippen LogP contribution >= 0.6 is 0 Å². The Morgan fingerprint density at radius 1 is 0.857 bits per heavy atom. The van der Waals surface area contributed by atoms with Gasteiger partial charge in [0.05, 0.1) is 12.2 Å². The largest absolute Gasteiger partial charge is 0.490 e. The number of benzene rings is 3. The number of carbonyl (C=O) groups is 1. The standard InChI is InChI=1S/C23H24N2O3/c1-18-8-7-9-19(16-18)24-17-23(26)25-21-12-5-6-13-22(21)28-15-14-27-20-10-3-2-4-11-20/h2-13,16,24H,14-15,17H2,1H3,(H,25,26). The molecule has 0 aromatic heterocycles. The van der Waals surface area contributed by atoms with Crippen LogP contribution in [0.2, 0.25) is 0 Å². The predicted molar refractivity (Wildman–Crippen MR) is 112 cm³/mol. The highest BCUT2D eigenvalue weighted by Gasteiger charge is 2.08. The number of ether oxygens (including phenoxy) is 2. The molecule has 0 aliphatic rings. The molecule has 0 bridgehead atoms. The van der Waals surface area contributed by atoms with Crippen molar-refractivity contribution in [3.63, 3.8) is 0 Å². The van der Waals surface area contributed by atoms with Crippen LogP contribution in [-0.4, -0.2) is 25.7 Å². The minimum absolute atomic E-state index is 0.141. The number of rotatable bonds is 9. The van der Waals surface area contributed by atoms with Gasteiger partial charge in [-0.2, -0.15) is 0 Å². The van der Waals surface area contributed by atoms with Crippen molar-refractivity contribution < 1.29 is 14.3 Å². The van der Waals surface area contributed by atoms with Crippen molar-refractivity contribution in [2.45, 2.75) is 6.92 Å². The molecule has 0 fully saturated rings. The van der Waals surface area contributed by atoms with E-state index in [2.05, 4.69) is 10.6 Å². The molecule has 0 saturated heterocycles. The Bertz CT molecular complexity index is 897. The van der Waals surface area contributed by atoms with E-state index in [0.717, 1.165) is 17.0 Å². The summed E-state index contributed by atoms with van der Waals surface area (Å²) in [5.41, 5.74) is 2.69. The number of hydrogen-bond acceptors (Lipinski definition) is 4. The quantitative estimate of drug-likeness (QED) is 0.540. The van der Waals surface area contributed by atoms with Crippen molar-refractivity contribution in [3.05, 3.63) is 84.4 Å². The van der Waals surface area contributed by atoms with Gasteiger partial charge in [-0.1, -0.05) is 42.5 Å². The van der Waals surface area contributed by atoms with Crippen LogP contribution in [0.1, 0.15) is 5.56 Å². The van der Waals surface area contributed by atoms with Crippen molar-refractivity contribution >= 4 is 17.3 Å². The van der Waals surface area contributed by atoms with Crippen LogP contribution in [0.5, 0.6) is 11.5 Å². The molecule has 144 valence electrons. The number of para-hydroxylation sites is 3. The lowest BCUT2D eigenvalue weighted by Gasteiger charge is -2.13. The highest BCUT2D eigenvalue weighted by atomic mass is 16.5. The monoisotopic (exact) mass is 376 g/mol. The molecule has 2 N–H and O–H groups in total. The fraction of sp³-hybridized carbons (Fsp3) is 0.174. The van der Waals surface area contributed by atoms with E-state index in [-0.39, 0.29) is 12.5 Å². The Labute approximate surface area is 165 Å². The molecule has 3 aromatic rings. The van der Waals surface area contributed by atoms with Gasteiger partial charge in [0.25, 0.3) is 0 Å². The Morgan fingerprint density at radius 3 is 2.43 bits per heavy atom. The van der Waals surface area contributed by atoms with Crippen LogP contribution in [0.4, 0.5) is 11.4 Å². The summed E-state index contributed by atoms with van der Waals surface area (Å²) in [4.78, 5) is 12.3. The Kier molecular flexibility index (Phi) is 6.90. The number of hydrogen-bond donors (Lipinski definition) is 2. The normalized spacial score (nSPS) is 10.2. The van der Waals surface area contributed by atoms with E-state index in [4.69, 9.17) is 9.47 Å². The molecule has 0 heterocycles. The summed E-state index contributed by atoms with van der Waals surface area (Å²) >= 11 is 0. The lowest BCUT2D eigenvalue weighted by Crippen LogP contribution is -2.22. The van der Waals surface area contributed by atoms with Gasteiger partial charge in [-0.3, -0.25) is 4.79 Å². The summed E-state index contributed by atoms with van der Waals surface area (Å²) in [5.74, 6) is 1.27. The Morgan fingerprint density at radius 2 is 1.61 bits per heavy atom. The molecule has 28 heavy (non-hydrogen) atoms.